The van der Waals surface area contributed by atoms with Gasteiger partial charge in [-0.25, -0.2) is 0 Å². The zero-order chi connectivity index (χ0) is 12.1. The number of rotatable bonds is 4. The average molecular weight is 283 g/mol. The van der Waals surface area contributed by atoms with E-state index in [2.05, 4.69) is 13.8 Å². The maximum atomic E-state index is 12.1. The first-order valence-electron chi connectivity index (χ1n) is 5.74. The highest BCUT2D eigenvalue weighted by Crippen LogP contribution is 2.24. The summed E-state index contributed by atoms with van der Waals surface area (Å²) in [5, 5.41) is 0.511. The van der Waals surface area contributed by atoms with Gasteiger partial charge in [0.2, 0.25) is 5.91 Å². The topological polar surface area (TPSA) is 55.6 Å². The van der Waals surface area contributed by atoms with Crippen molar-refractivity contribution in [3.8, 4) is 0 Å². The number of ether oxygens (including phenoxy) is 1. The number of nitrogens with zero attached hydrogens (tertiary/aromatic N) is 1. The lowest BCUT2D eigenvalue weighted by Gasteiger charge is -2.38. The molecule has 0 radical (unpaired) electrons. The highest BCUT2D eigenvalue weighted by Gasteiger charge is 2.29. The molecule has 0 aromatic rings. The molecule has 1 aliphatic heterocycles. The molecule has 0 saturated carbocycles. The maximum Gasteiger partial charge on any atom is 0.225 e. The van der Waals surface area contributed by atoms with Gasteiger partial charge in [0.25, 0.3) is 0 Å². The molecule has 1 rings (SSSR count). The first kappa shape index (κ1) is 17.0. The summed E-state index contributed by atoms with van der Waals surface area (Å²) in [5.74, 6) is 1.19. The van der Waals surface area contributed by atoms with E-state index < -0.39 is 0 Å². The Kier molecular flexibility index (Phi) is 8.20. The molecule has 2 N–H and O–H groups in total. The molecule has 1 fully saturated rings. The highest BCUT2D eigenvalue weighted by atomic mass is 35.5. The van der Waals surface area contributed by atoms with Gasteiger partial charge in [0, 0.05) is 37.2 Å². The van der Waals surface area contributed by atoms with Gasteiger partial charge in [-0.3, -0.25) is 4.79 Å². The first-order chi connectivity index (χ1) is 7.60. The van der Waals surface area contributed by atoms with Gasteiger partial charge in [0.05, 0.1) is 12.5 Å². The molecule has 3 unspecified atom stereocenters. The second-order valence-electron chi connectivity index (χ2n) is 4.20. The fourth-order valence-electron chi connectivity index (χ4n) is 1.86. The summed E-state index contributed by atoms with van der Waals surface area (Å²) < 4.78 is 5.15. The third-order valence-corrected chi connectivity index (χ3v) is 4.54. The third-order valence-electron chi connectivity index (χ3n) is 3.20. The summed E-state index contributed by atoms with van der Waals surface area (Å²) in [6.45, 7) is 5.52. The summed E-state index contributed by atoms with van der Waals surface area (Å²) in [7, 11) is 1.60. The van der Waals surface area contributed by atoms with Crippen LogP contribution in [-0.2, 0) is 9.53 Å². The first-order valence-corrected chi connectivity index (χ1v) is 6.79. The van der Waals surface area contributed by atoms with Crippen molar-refractivity contribution >= 4 is 30.1 Å². The van der Waals surface area contributed by atoms with Crippen molar-refractivity contribution in [2.24, 2.45) is 5.73 Å². The number of nitrogens with two attached hydrogens (primary N) is 1. The molecule has 0 bridgehead atoms. The van der Waals surface area contributed by atoms with E-state index in [1.807, 2.05) is 16.7 Å². The van der Waals surface area contributed by atoms with Gasteiger partial charge in [-0.2, -0.15) is 11.8 Å². The molecule has 1 heterocycles. The predicted octanol–water partition coefficient (Wildman–Crippen LogP) is 1.12. The molecule has 102 valence electrons. The molecule has 6 heteroatoms. The number of carbonyl (C=O) groups is 1. The number of thioether (sulfide) groups is 1. The van der Waals surface area contributed by atoms with Crippen LogP contribution in [0.15, 0.2) is 0 Å². The van der Waals surface area contributed by atoms with Crippen LogP contribution >= 0.6 is 24.2 Å². The number of methoxy groups -OCH3 is 1. The predicted molar refractivity (Wildman–Crippen MR) is 74.8 cm³/mol. The van der Waals surface area contributed by atoms with Crippen LogP contribution in [0, 0.1) is 0 Å². The lowest BCUT2D eigenvalue weighted by molar-refractivity contribution is -0.135. The normalized spacial score (nSPS) is 26.2. The minimum Gasteiger partial charge on any atom is -0.380 e. The molecule has 1 amide bonds. The molecule has 1 aliphatic rings. The van der Waals surface area contributed by atoms with Crippen LogP contribution in [0.5, 0.6) is 0 Å². The molecule has 3 atom stereocenters. The Labute approximate surface area is 114 Å². The van der Waals surface area contributed by atoms with E-state index in [0.717, 1.165) is 12.3 Å². The minimum atomic E-state index is -0.149. The van der Waals surface area contributed by atoms with Gasteiger partial charge in [-0.15, -0.1) is 12.4 Å². The Hall–Kier alpha value is 0.0300. The zero-order valence-electron chi connectivity index (χ0n) is 10.7. The van der Waals surface area contributed by atoms with Crippen molar-refractivity contribution in [3.05, 3.63) is 0 Å². The van der Waals surface area contributed by atoms with E-state index >= 15 is 0 Å². The van der Waals surface area contributed by atoms with Crippen LogP contribution in [0.2, 0.25) is 0 Å². The number of hydrogen-bond donors (Lipinski definition) is 1. The standard InChI is InChI=1S/C11H22N2O2S.ClH/c1-8-9(2)16-5-4-13(8)11(14)6-10(7-12)15-3;/h8-10H,4-7,12H2,1-3H3;1H. The molecular weight excluding hydrogens is 260 g/mol. The largest absolute Gasteiger partial charge is 0.380 e. The summed E-state index contributed by atoms with van der Waals surface area (Å²) >= 11 is 1.93. The summed E-state index contributed by atoms with van der Waals surface area (Å²) in [6, 6.07) is 0.307. The third kappa shape index (κ3) is 4.66. The smallest absolute Gasteiger partial charge is 0.225 e. The van der Waals surface area contributed by atoms with Crippen molar-refractivity contribution in [1.82, 2.24) is 4.90 Å². The molecular formula is C11H23ClN2O2S. The van der Waals surface area contributed by atoms with Crippen molar-refractivity contribution in [2.75, 3.05) is 26.0 Å². The Bertz CT molecular complexity index is 240. The maximum absolute atomic E-state index is 12.1. The lowest BCUT2D eigenvalue weighted by atomic mass is 10.1. The van der Waals surface area contributed by atoms with Crippen molar-refractivity contribution in [3.63, 3.8) is 0 Å². The summed E-state index contributed by atoms with van der Waals surface area (Å²) in [6.07, 6.45) is 0.249. The molecule has 0 aromatic heterocycles. The fraction of sp³-hybridized carbons (Fsp3) is 0.909. The Balaban J connectivity index is 0.00000256. The van der Waals surface area contributed by atoms with E-state index in [1.165, 1.54) is 0 Å². The molecule has 17 heavy (non-hydrogen) atoms. The average Bonchev–Trinajstić information content (AvgIpc) is 2.29. The molecule has 1 saturated heterocycles. The molecule has 0 aromatic carbocycles. The molecule has 0 aliphatic carbocycles. The van der Waals surface area contributed by atoms with Crippen molar-refractivity contribution in [1.29, 1.82) is 0 Å². The van der Waals surface area contributed by atoms with Crippen LogP contribution in [0.25, 0.3) is 0 Å². The van der Waals surface area contributed by atoms with E-state index in [-0.39, 0.29) is 24.4 Å². The van der Waals surface area contributed by atoms with Gasteiger partial charge in [-0.1, -0.05) is 6.92 Å². The van der Waals surface area contributed by atoms with E-state index in [1.54, 1.807) is 7.11 Å². The van der Waals surface area contributed by atoms with Gasteiger partial charge in [0.1, 0.15) is 0 Å². The van der Waals surface area contributed by atoms with Crippen LogP contribution in [0.1, 0.15) is 20.3 Å². The highest BCUT2D eigenvalue weighted by molar-refractivity contribution is 8.00. The van der Waals surface area contributed by atoms with Gasteiger partial charge >= 0.3 is 0 Å². The van der Waals surface area contributed by atoms with Crippen LogP contribution in [-0.4, -0.2) is 54.2 Å². The van der Waals surface area contributed by atoms with Gasteiger partial charge in [-0.05, 0) is 6.92 Å². The zero-order valence-corrected chi connectivity index (χ0v) is 12.4. The minimum absolute atomic E-state index is 0. The van der Waals surface area contributed by atoms with Gasteiger partial charge in [0.15, 0.2) is 0 Å². The second-order valence-corrected chi connectivity index (χ2v) is 5.69. The van der Waals surface area contributed by atoms with E-state index in [0.29, 0.717) is 24.3 Å². The van der Waals surface area contributed by atoms with Crippen LogP contribution < -0.4 is 5.73 Å². The van der Waals surface area contributed by atoms with Crippen molar-refractivity contribution < 1.29 is 9.53 Å². The second kappa shape index (κ2) is 8.19. The lowest BCUT2D eigenvalue weighted by Crippen LogP contribution is -2.49. The Morgan fingerprint density at radius 3 is 2.76 bits per heavy atom. The van der Waals surface area contributed by atoms with E-state index in [4.69, 9.17) is 10.5 Å². The fourth-order valence-corrected chi connectivity index (χ4v) is 2.96. The van der Waals surface area contributed by atoms with Crippen molar-refractivity contribution in [2.45, 2.75) is 37.7 Å². The quantitative estimate of drug-likeness (QED) is 0.840. The summed E-state index contributed by atoms with van der Waals surface area (Å²) in [4.78, 5) is 14.0. The number of halogens is 1. The van der Waals surface area contributed by atoms with Gasteiger partial charge < -0.3 is 15.4 Å². The van der Waals surface area contributed by atoms with Crippen LogP contribution in [0.3, 0.4) is 0 Å². The Morgan fingerprint density at radius 1 is 1.59 bits per heavy atom. The molecule has 4 nitrogen and oxygen atoms in total. The summed E-state index contributed by atoms with van der Waals surface area (Å²) in [5.41, 5.74) is 5.52. The number of hydrogen-bond acceptors (Lipinski definition) is 4. The van der Waals surface area contributed by atoms with E-state index in [9.17, 15) is 4.79 Å². The number of amides is 1. The molecule has 0 spiro atoms. The number of carbonyl (C=O) groups excluding carboxylic acids is 1. The SMILES string of the molecule is COC(CN)CC(=O)N1CCSC(C)C1C.Cl. The Morgan fingerprint density at radius 2 is 2.24 bits per heavy atom. The van der Waals surface area contributed by atoms with Crippen LogP contribution in [0.4, 0.5) is 0 Å². The monoisotopic (exact) mass is 282 g/mol.